The van der Waals surface area contributed by atoms with E-state index in [0.29, 0.717) is 11.5 Å². The standard InChI is InChI=1S/C11H21NO/c1-3-7-13-10-8-12(4-2)9-11(10)5-6-11/h10H,3-9H2,1-2H3. The van der Waals surface area contributed by atoms with E-state index < -0.39 is 0 Å². The number of ether oxygens (including phenoxy) is 1. The van der Waals surface area contributed by atoms with Crippen molar-refractivity contribution in [2.45, 2.75) is 39.2 Å². The van der Waals surface area contributed by atoms with Crippen LogP contribution in [-0.4, -0.2) is 37.2 Å². The van der Waals surface area contributed by atoms with Gasteiger partial charge in [0.25, 0.3) is 0 Å². The van der Waals surface area contributed by atoms with Crippen molar-refractivity contribution in [3.8, 4) is 0 Å². The van der Waals surface area contributed by atoms with Crippen molar-refractivity contribution in [1.82, 2.24) is 4.90 Å². The van der Waals surface area contributed by atoms with Gasteiger partial charge in [-0.05, 0) is 25.8 Å². The third-order valence-corrected chi connectivity index (χ3v) is 3.51. The zero-order chi connectivity index (χ0) is 9.31. The summed E-state index contributed by atoms with van der Waals surface area (Å²) in [7, 11) is 0. The van der Waals surface area contributed by atoms with Crippen LogP contribution in [0.4, 0.5) is 0 Å². The molecule has 0 aromatic heterocycles. The largest absolute Gasteiger partial charge is 0.376 e. The number of hydrogen-bond donors (Lipinski definition) is 0. The van der Waals surface area contributed by atoms with Crippen LogP contribution in [0.2, 0.25) is 0 Å². The molecule has 2 nitrogen and oxygen atoms in total. The van der Waals surface area contributed by atoms with E-state index in [1.807, 2.05) is 0 Å². The molecular formula is C11H21NO. The quantitative estimate of drug-likeness (QED) is 0.660. The molecule has 2 rings (SSSR count). The molecule has 1 aliphatic heterocycles. The average molecular weight is 183 g/mol. The first-order chi connectivity index (χ1) is 6.30. The average Bonchev–Trinajstić information content (AvgIpc) is 2.80. The highest BCUT2D eigenvalue weighted by molar-refractivity contribution is 5.07. The second-order valence-corrected chi connectivity index (χ2v) is 4.55. The van der Waals surface area contributed by atoms with Crippen molar-refractivity contribution < 1.29 is 4.74 Å². The van der Waals surface area contributed by atoms with Gasteiger partial charge >= 0.3 is 0 Å². The van der Waals surface area contributed by atoms with E-state index in [1.165, 1.54) is 32.5 Å². The molecule has 1 heterocycles. The molecular weight excluding hydrogens is 162 g/mol. The van der Waals surface area contributed by atoms with E-state index in [9.17, 15) is 0 Å². The summed E-state index contributed by atoms with van der Waals surface area (Å²) >= 11 is 0. The maximum Gasteiger partial charge on any atom is 0.0770 e. The Morgan fingerprint density at radius 1 is 1.38 bits per heavy atom. The monoisotopic (exact) mass is 183 g/mol. The fourth-order valence-electron chi connectivity index (χ4n) is 2.41. The minimum absolute atomic E-state index is 0.549. The van der Waals surface area contributed by atoms with Crippen LogP contribution in [0.5, 0.6) is 0 Å². The van der Waals surface area contributed by atoms with E-state index in [1.54, 1.807) is 0 Å². The highest BCUT2D eigenvalue weighted by atomic mass is 16.5. The summed E-state index contributed by atoms with van der Waals surface area (Å²) in [4.78, 5) is 2.54. The minimum Gasteiger partial charge on any atom is -0.376 e. The van der Waals surface area contributed by atoms with Gasteiger partial charge in [-0.1, -0.05) is 13.8 Å². The van der Waals surface area contributed by atoms with Crippen LogP contribution in [0.25, 0.3) is 0 Å². The molecule has 1 unspecified atom stereocenters. The van der Waals surface area contributed by atoms with Crippen LogP contribution < -0.4 is 0 Å². The Hall–Kier alpha value is -0.0800. The van der Waals surface area contributed by atoms with E-state index in [0.717, 1.165) is 13.0 Å². The summed E-state index contributed by atoms with van der Waals surface area (Å²) in [5.74, 6) is 0. The van der Waals surface area contributed by atoms with Crippen molar-refractivity contribution in [2.75, 3.05) is 26.2 Å². The zero-order valence-corrected chi connectivity index (χ0v) is 8.88. The number of hydrogen-bond acceptors (Lipinski definition) is 2. The molecule has 1 saturated heterocycles. The van der Waals surface area contributed by atoms with Crippen molar-refractivity contribution >= 4 is 0 Å². The number of likely N-dealkylation sites (N-methyl/N-ethyl adjacent to an activating group) is 1. The lowest BCUT2D eigenvalue weighted by Gasteiger charge is -2.17. The van der Waals surface area contributed by atoms with Gasteiger partial charge in [0.15, 0.2) is 0 Å². The van der Waals surface area contributed by atoms with Gasteiger partial charge in [-0.3, -0.25) is 0 Å². The molecule has 2 aliphatic rings. The molecule has 76 valence electrons. The van der Waals surface area contributed by atoms with Crippen LogP contribution >= 0.6 is 0 Å². The fraction of sp³-hybridized carbons (Fsp3) is 1.00. The predicted octanol–water partition coefficient (Wildman–Crippen LogP) is 1.90. The SMILES string of the molecule is CCCOC1CN(CC)CC12CC2. The summed E-state index contributed by atoms with van der Waals surface area (Å²) < 4.78 is 5.92. The smallest absolute Gasteiger partial charge is 0.0770 e. The molecule has 0 aromatic rings. The molecule has 1 saturated carbocycles. The molecule has 0 N–H and O–H groups in total. The normalized spacial score (nSPS) is 31.4. The van der Waals surface area contributed by atoms with E-state index in [4.69, 9.17) is 4.74 Å². The van der Waals surface area contributed by atoms with Gasteiger partial charge in [0.1, 0.15) is 0 Å². The molecule has 0 amide bonds. The summed E-state index contributed by atoms with van der Waals surface area (Å²) in [6.07, 6.45) is 4.50. The molecule has 2 heteroatoms. The lowest BCUT2D eigenvalue weighted by Crippen LogP contribution is -2.24. The second kappa shape index (κ2) is 3.58. The lowest BCUT2D eigenvalue weighted by atomic mass is 10.0. The van der Waals surface area contributed by atoms with Crippen molar-refractivity contribution in [1.29, 1.82) is 0 Å². The second-order valence-electron chi connectivity index (χ2n) is 4.55. The van der Waals surface area contributed by atoms with E-state index >= 15 is 0 Å². The molecule has 13 heavy (non-hydrogen) atoms. The van der Waals surface area contributed by atoms with Crippen molar-refractivity contribution in [3.05, 3.63) is 0 Å². The molecule has 1 spiro atoms. The third-order valence-electron chi connectivity index (χ3n) is 3.51. The molecule has 1 atom stereocenters. The van der Waals surface area contributed by atoms with Gasteiger partial charge < -0.3 is 9.64 Å². The Kier molecular flexibility index (Phi) is 2.61. The van der Waals surface area contributed by atoms with Gasteiger partial charge in [-0.2, -0.15) is 0 Å². The topological polar surface area (TPSA) is 12.5 Å². The molecule has 0 radical (unpaired) electrons. The lowest BCUT2D eigenvalue weighted by molar-refractivity contribution is 0.0271. The van der Waals surface area contributed by atoms with Crippen LogP contribution in [0.1, 0.15) is 33.1 Å². The molecule has 2 fully saturated rings. The predicted molar refractivity (Wildman–Crippen MR) is 53.8 cm³/mol. The van der Waals surface area contributed by atoms with Gasteiger partial charge in [0.05, 0.1) is 6.10 Å². The fourth-order valence-corrected chi connectivity index (χ4v) is 2.41. The number of likely N-dealkylation sites (tertiary alicyclic amines) is 1. The Morgan fingerprint density at radius 2 is 2.15 bits per heavy atom. The maximum atomic E-state index is 5.92. The summed E-state index contributed by atoms with van der Waals surface area (Å²) in [6.45, 7) is 9.04. The Labute approximate surface area is 81.3 Å². The molecule has 0 aromatic carbocycles. The Balaban J connectivity index is 1.87. The molecule has 0 bridgehead atoms. The highest BCUT2D eigenvalue weighted by Gasteiger charge is 2.55. The van der Waals surface area contributed by atoms with Crippen LogP contribution in [0.3, 0.4) is 0 Å². The Bertz CT molecular complexity index is 177. The van der Waals surface area contributed by atoms with Gasteiger partial charge in [-0.25, -0.2) is 0 Å². The van der Waals surface area contributed by atoms with E-state index in [2.05, 4.69) is 18.7 Å². The van der Waals surface area contributed by atoms with Gasteiger partial charge in [0, 0.05) is 25.1 Å². The first-order valence-corrected chi connectivity index (χ1v) is 5.64. The van der Waals surface area contributed by atoms with Crippen molar-refractivity contribution in [3.63, 3.8) is 0 Å². The summed E-state index contributed by atoms with van der Waals surface area (Å²) in [5, 5.41) is 0. The Morgan fingerprint density at radius 3 is 2.69 bits per heavy atom. The first kappa shape index (κ1) is 9.47. The third kappa shape index (κ3) is 1.75. The summed E-state index contributed by atoms with van der Waals surface area (Å²) in [6, 6.07) is 0. The van der Waals surface area contributed by atoms with Crippen LogP contribution in [-0.2, 0) is 4.74 Å². The first-order valence-electron chi connectivity index (χ1n) is 5.64. The number of rotatable bonds is 4. The van der Waals surface area contributed by atoms with Crippen LogP contribution in [0.15, 0.2) is 0 Å². The number of nitrogens with zero attached hydrogens (tertiary/aromatic N) is 1. The summed E-state index contributed by atoms with van der Waals surface area (Å²) in [5.41, 5.74) is 0.588. The van der Waals surface area contributed by atoms with Crippen LogP contribution in [0, 0.1) is 5.41 Å². The maximum absolute atomic E-state index is 5.92. The zero-order valence-electron chi connectivity index (χ0n) is 8.88. The minimum atomic E-state index is 0.549. The van der Waals surface area contributed by atoms with Gasteiger partial charge in [-0.15, -0.1) is 0 Å². The van der Waals surface area contributed by atoms with Gasteiger partial charge in [0.2, 0.25) is 0 Å². The van der Waals surface area contributed by atoms with E-state index in [-0.39, 0.29) is 0 Å². The van der Waals surface area contributed by atoms with Crippen molar-refractivity contribution in [2.24, 2.45) is 5.41 Å². The molecule has 1 aliphatic carbocycles. The highest BCUT2D eigenvalue weighted by Crippen LogP contribution is 2.53.